The van der Waals surface area contributed by atoms with Gasteiger partial charge in [-0.15, -0.1) is 0 Å². The lowest BCUT2D eigenvalue weighted by Gasteiger charge is -2.42. The van der Waals surface area contributed by atoms with E-state index in [0.717, 1.165) is 6.07 Å². The Morgan fingerprint density at radius 1 is 1.24 bits per heavy atom. The second-order valence-corrected chi connectivity index (χ2v) is 9.20. The molecule has 29 heavy (non-hydrogen) atoms. The Kier molecular flexibility index (Phi) is 4.93. The predicted molar refractivity (Wildman–Crippen MR) is 109 cm³/mol. The quantitative estimate of drug-likeness (QED) is 0.332. The minimum Gasteiger partial charge on any atom is -0.444 e. The van der Waals surface area contributed by atoms with Gasteiger partial charge < -0.3 is 9.64 Å². The van der Waals surface area contributed by atoms with Gasteiger partial charge >= 0.3 is 6.09 Å². The highest BCUT2D eigenvalue weighted by atomic mass is 79.9. The fraction of sp³-hybridized carbons (Fsp3) is 0.421. The average molecular weight is 488 g/mol. The van der Waals surface area contributed by atoms with E-state index in [1.54, 1.807) is 30.6 Å². The summed E-state index contributed by atoms with van der Waals surface area (Å²) < 4.78 is 34.7. The molecule has 0 N–H and O–H groups in total. The fourth-order valence-corrected chi connectivity index (χ4v) is 4.21. The van der Waals surface area contributed by atoms with E-state index in [1.165, 1.54) is 0 Å². The van der Waals surface area contributed by atoms with Crippen molar-refractivity contribution in [2.45, 2.75) is 38.5 Å². The van der Waals surface area contributed by atoms with Crippen molar-refractivity contribution in [3.63, 3.8) is 0 Å². The minimum absolute atomic E-state index is 0.0415. The Morgan fingerprint density at radius 2 is 1.86 bits per heavy atom. The summed E-state index contributed by atoms with van der Waals surface area (Å²) in [5.41, 5.74) is -0.806. The molecule has 0 aliphatic carbocycles. The Hall–Kier alpha value is -2.00. The monoisotopic (exact) mass is 486 g/mol. The molecule has 6 nitrogen and oxygen atoms in total. The van der Waals surface area contributed by atoms with Crippen LogP contribution in [0.1, 0.15) is 20.8 Å². The first kappa shape index (κ1) is 20.3. The van der Waals surface area contributed by atoms with E-state index < -0.39 is 23.3 Å². The zero-order valence-electron chi connectivity index (χ0n) is 15.9. The highest BCUT2D eigenvalue weighted by Crippen LogP contribution is 2.36. The van der Waals surface area contributed by atoms with Crippen LogP contribution in [0.5, 0.6) is 0 Å². The number of hydrogen-bond acceptors (Lipinski definition) is 5. The van der Waals surface area contributed by atoms with E-state index in [4.69, 9.17) is 16.3 Å². The number of hydrogen-bond donors (Lipinski definition) is 0. The molecule has 1 saturated heterocycles. The summed E-state index contributed by atoms with van der Waals surface area (Å²) in [6.45, 7) is 6.10. The molecule has 0 radical (unpaired) electrons. The molecule has 0 saturated carbocycles. The van der Waals surface area contributed by atoms with Crippen LogP contribution in [0.3, 0.4) is 0 Å². The lowest BCUT2D eigenvalue weighted by Crippen LogP contribution is -2.57. The highest BCUT2D eigenvalue weighted by molar-refractivity contribution is 9.10. The Balaban J connectivity index is 1.70. The number of carbonyl (C=O) groups excluding carboxylic acids is 1. The van der Waals surface area contributed by atoms with Gasteiger partial charge in [-0.3, -0.25) is 4.90 Å². The first-order valence-electron chi connectivity index (χ1n) is 9.00. The van der Waals surface area contributed by atoms with E-state index in [2.05, 4.69) is 25.9 Å². The van der Waals surface area contributed by atoms with Crippen LogP contribution in [0.4, 0.5) is 19.4 Å². The molecule has 3 heterocycles. The lowest BCUT2D eigenvalue weighted by molar-refractivity contribution is 0.0146. The molecule has 154 valence electrons. The third kappa shape index (κ3) is 3.66. The average Bonchev–Trinajstić information content (AvgIpc) is 2.87. The topological polar surface area (TPSA) is 58.6 Å². The maximum absolute atomic E-state index is 14.7. The van der Waals surface area contributed by atoms with Crippen LogP contribution in [0.15, 0.2) is 22.7 Å². The molecule has 2 aromatic rings. The lowest BCUT2D eigenvalue weighted by atomic mass is 10.1. The fourth-order valence-electron chi connectivity index (χ4n) is 3.66. The van der Waals surface area contributed by atoms with Crippen LogP contribution < -0.4 is 4.90 Å². The second kappa shape index (κ2) is 7.05. The largest absolute Gasteiger partial charge is 0.444 e. The SMILES string of the molecule is CC(C)(C)OC(=O)N1C2C=CC1CN(c1nc(Cl)nc3c(F)c(Br)cc(F)c13)C2. The molecule has 10 heteroatoms. The van der Waals surface area contributed by atoms with Gasteiger partial charge in [0.25, 0.3) is 0 Å². The first-order valence-corrected chi connectivity index (χ1v) is 10.2. The normalized spacial score (nSPS) is 21.2. The molecule has 2 aliphatic rings. The predicted octanol–water partition coefficient (Wildman–Crippen LogP) is 4.69. The van der Waals surface area contributed by atoms with E-state index >= 15 is 0 Å². The number of piperazine rings is 1. The molecular weight excluding hydrogens is 470 g/mol. The van der Waals surface area contributed by atoms with Crippen LogP contribution in [0.25, 0.3) is 10.9 Å². The number of fused-ring (bicyclic) bond motifs is 3. The van der Waals surface area contributed by atoms with Gasteiger partial charge in [-0.05, 0) is 54.4 Å². The highest BCUT2D eigenvalue weighted by Gasteiger charge is 2.42. The van der Waals surface area contributed by atoms with Crippen LogP contribution in [0, 0.1) is 11.6 Å². The zero-order chi connectivity index (χ0) is 21.1. The third-order valence-corrected chi connectivity index (χ3v) is 5.51. The molecule has 1 amide bonds. The standard InChI is InChI=1S/C19H18BrClF2N4O2/c1-19(2,3)29-18(28)27-9-4-5-10(27)8-26(7-9)16-13-12(22)6-11(20)14(23)15(13)24-17(21)25-16/h4-6,9-10H,7-8H2,1-3H3. The number of amides is 1. The molecule has 2 bridgehead atoms. The molecular formula is C19H18BrClF2N4O2. The third-order valence-electron chi connectivity index (χ3n) is 4.76. The number of rotatable bonds is 1. The molecule has 2 aliphatic heterocycles. The van der Waals surface area contributed by atoms with Gasteiger partial charge in [0.05, 0.1) is 21.9 Å². The van der Waals surface area contributed by atoms with Gasteiger partial charge in [0.2, 0.25) is 5.28 Å². The molecule has 2 unspecified atom stereocenters. The molecule has 1 aromatic carbocycles. The van der Waals surface area contributed by atoms with E-state index in [1.807, 2.05) is 12.2 Å². The maximum Gasteiger partial charge on any atom is 0.411 e. The number of anilines is 1. The van der Waals surface area contributed by atoms with Crippen LogP contribution in [-0.4, -0.2) is 51.7 Å². The summed E-state index contributed by atoms with van der Waals surface area (Å²) in [6.07, 6.45) is 3.41. The summed E-state index contributed by atoms with van der Waals surface area (Å²) in [7, 11) is 0. The summed E-state index contributed by atoms with van der Waals surface area (Å²) in [6, 6.07) is 0.480. The molecule has 1 fully saturated rings. The van der Waals surface area contributed by atoms with Gasteiger partial charge in [-0.1, -0.05) is 12.2 Å². The van der Waals surface area contributed by atoms with Crippen molar-refractivity contribution in [1.82, 2.24) is 14.9 Å². The number of nitrogens with zero attached hydrogens (tertiary/aromatic N) is 4. The molecule has 0 spiro atoms. The van der Waals surface area contributed by atoms with Crippen molar-refractivity contribution in [3.8, 4) is 0 Å². The maximum atomic E-state index is 14.7. The molecule has 4 rings (SSSR count). The van der Waals surface area contributed by atoms with E-state index in [-0.39, 0.29) is 38.6 Å². The summed E-state index contributed by atoms with van der Waals surface area (Å²) >= 11 is 9.00. The van der Waals surface area contributed by atoms with Crippen LogP contribution >= 0.6 is 27.5 Å². The van der Waals surface area contributed by atoms with Crippen molar-refractivity contribution >= 4 is 50.3 Å². The van der Waals surface area contributed by atoms with Crippen molar-refractivity contribution in [2.24, 2.45) is 0 Å². The van der Waals surface area contributed by atoms with E-state index in [0.29, 0.717) is 13.1 Å². The number of aromatic nitrogens is 2. The first-order chi connectivity index (χ1) is 13.5. The van der Waals surface area contributed by atoms with Crippen molar-refractivity contribution < 1.29 is 18.3 Å². The number of halogens is 4. The van der Waals surface area contributed by atoms with E-state index in [9.17, 15) is 13.6 Å². The van der Waals surface area contributed by atoms with Crippen molar-refractivity contribution in [2.75, 3.05) is 18.0 Å². The molecule has 2 atom stereocenters. The summed E-state index contributed by atoms with van der Waals surface area (Å²) in [4.78, 5) is 24.1. The minimum atomic E-state index is -0.708. The number of ether oxygens (including phenoxy) is 1. The second-order valence-electron chi connectivity index (χ2n) is 8.01. The van der Waals surface area contributed by atoms with Gasteiger partial charge in [0.15, 0.2) is 5.82 Å². The van der Waals surface area contributed by atoms with Gasteiger partial charge in [-0.25, -0.2) is 18.6 Å². The van der Waals surface area contributed by atoms with Gasteiger partial charge in [0, 0.05) is 13.1 Å². The summed E-state index contributed by atoms with van der Waals surface area (Å²) in [5, 5.41) is -0.223. The Labute approximate surface area is 179 Å². The van der Waals surface area contributed by atoms with Crippen LogP contribution in [-0.2, 0) is 4.74 Å². The van der Waals surface area contributed by atoms with Gasteiger partial charge in [-0.2, -0.15) is 4.98 Å². The number of benzene rings is 1. The Morgan fingerprint density at radius 3 is 2.45 bits per heavy atom. The van der Waals surface area contributed by atoms with Crippen LogP contribution in [0.2, 0.25) is 5.28 Å². The van der Waals surface area contributed by atoms with Gasteiger partial charge in [0.1, 0.15) is 22.8 Å². The van der Waals surface area contributed by atoms with Crippen molar-refractivity contribution in [3.05, 3.63) is 39.6 Å². The smallest absolute Gasteiger partial charge is 0.411 e. The molecule has 1 aromatic heterocycles. The zero-order valence-corrected chi connectivity index (χ0v) is 18.3. The summed E-state index contributed by atoms with van der Waals surface area (Å²) in [5.74, 6) is -1.17. The van der Waals surface area contributed by atoms with Crippen molar-refractivity contribution in [1.29, 1.82) is 0 Å². The Bertz CT molecular complexity index is 1030. The number of carbonyl (C=O) groups is 1.